The van der Waals surface area contributed by atoms with Gasteiger partial charge in [0.2, 0.25) is 0 Å². The number of piperidine rings is 1. The normalized spacial score (nSPS) is 20.6. The highest BCUT2D eigenvalue weighted by Crippen LogP contribution is 2.20. The Balaban J connectivity index is 1.51. The van der Waals surface area contributed by atoms with Crippen molar-refractivity contribution in [3.8, 4) is 0 Å². The van der Waals surface area contributed by atoms with Crippen LogP contribution >= 0.6 is 0 Å². The molecule has 6 heteroatoms. The summed E-state index contributed by atoms with van der Waals surface area (Å²) in [5, 5.41) is 2.64. The summed E-state index contributed by atoms with van der Waals surface area (Å²) in [6.07, 6.45) is 3.85. The Morgan fingerprint density at radius 2 is 1.88 bits per heavy atom. The minimum atomic E-state index is -0.126. The van der Waals surface area contributed by atoms with Crippen molar-refractivity contribution in [2.24, 2.45) is 0 Å². The number of pyridine rings is 1. The molecule has 25 heavy (non-hydrogen) atoms. The Morgan fingerprint density at radius 1 is 1.16 bits per heavy atom. The van der Waals surface area contributed by atoms with Crippen LogP contribution in [0.5, 0.6) is 0 Å². The number of amides is 1. The number of hydrogen-bond acceptors (Lipinski definition) is 5. The van der Waals surface area contributed by atoms with Crippen molar-refractivity contribution in [3.63, 3.8) is 0 Å². The van der Waals surface area contributed by atoms with Crippen LogP contribution in [-0.4, -0.2) is 79.6 Å². The molecule has 2 fully saturated rings. The fraction of sp³-hybridized carbons (Fsp3) is 0.684. The number of anilines is 1. The van der Waals surface area contributed by atoms with Gasteiger partial charge in [0.1, 0.15) is 11.5 Å². The highest BCUT2D eigenvalue weighted by Gasteiger charge is 2.27. The molecule has 0 spiro atoms. The second-order valence-corrected chi connectivity index (χ2v) is 7.06. The van der Waals surface area contributed by atoms with Crippen molar-refractivity contribution in [3.05, 3.63) is 23.9 Å². The molecule has 1 aromatic rings. The van der Waals surface area contributed by atoms with Crippen LogP contribution in [0, 0.1) is 0 Å². The molecule has 1 aromatic heterocycles. The van der Waals surface area contributed by atoms with Crippen LogP contribution in [0.3, 0.4) is 0 Å². The summed E-state index contributed by atoms with van der Waals surface area (Å²) in [5.74, 6) is 0.790. The van der Waals surface area contributed by atoms with Crippen molar-refractivity contribution in [2.45, 2.75) is 32.2 Å². The van der Waals surface area contributed by atoms with Crippen molar-refractivity contribution in [1.82, 2.24) is 20.1 Å². The van der Waals surface area contributed by atoms with Gasteiger partial charge in [-0.05, 0) is 51.0 Å². The first-order chi connectivity index (χ1) is 12.2. The molecule has 1 N–H and O–H groups in total. The van der Waals surface area contributed by atoms with Gasteiger partial charge in [-0.15, -0.1) is 0 Å². The highest BCUT2D eigenvalue weighted by atomic mass is 16.1. The van der Waals surface area contributed by atoms with Gasteiger partial charge in [-0.3, -0.25) is 9.69 Å². The van der Waals surface area contributed by atoms with Crippen molar-refractivity contribution >= 4 is 11.7 Å². The van der Waals surface area contributed by atoms with E-state index in [1.54, 1.807) is 13.1 Å². The van der Waals surface area contributed by atoms with Crippen LogP contribution < -0.4 is 10.2 Å². The van der Waals surface area contributed by atoms with E-state index in [1.165, 1.54) is 38.9 Å². The average molecular weight is 345 g/mol. The predicted molar refractivity (Wildman–Crippen MR) is 101 cm³/mol. The monoisotopic (exact) mass is 345 g/mol. The first-order valence-electron chi connectivity index (χ1n) is 9.61. The van der Waals surface area contributed by atoms with Gasteiger partial charge >= 0.3 is 0 Å². The molecule has 2 aliphatic heterocycles. The van der Waals surface area contributed by atoms with E-state index in [9.17, 15) is 4.79 Å². The van der Waals surface area contributed by atoms with Gasteiger partial charge in [0, 0.05) is 39.3 Å². The van der Waals surface area contributed by atoms with Crippen LogP contribution in [0.15, 0.2) is 18.2 Å². The molecule has 2 aliphatic rings. The lowest BCUT2D eigenvalue weighted by molar-refractivity contribution is 0.0958. The molecule has 0 bridgehead atoms. The maximum atomic E-state index is 11.8. The lowest BCUT2D eigenvalue weighted by atomic mass is 10.0. The Bertz CT molecular complexity index is 563. The van der Waals surface area contributed by atoms with E-state index < -0.39 is 0 Å². The van der Waals surface area contributed by atoms with E-state index in [2.05, 4.69) is 31.9 Å². The maximum absolute atomic E-state index is 11.8. The highest BCUT2D eigenvalue weighted by molar-refractivity contribution is 5.92. The lowest BCUT2D eigenvalue weighted by Crippen LogP contribution is -2.53. The zero-order valence-corrected chi connectivity index (χ0v) is 15.6. The largest absolute Gasteiger partial charge is 0.354 e. The van der Waals surface area contributed by atoms with Crippen molar-refractivity contribution in [2.75, 3.05) is 57.8 Å². The third kappa shape index (κ3) is 4.50. The summed E-state index contributed by atoms with van der Waals surface area (Å²) >= 11 is 0. The third-order valence-corrected chi connectivity index (χ3v) is 5.45. The molecule has 0 aromatic carbocycles. The Labute approximate surface area is 151 Å². The third-order valence-electron chi connectivity index (χ3n) is 5.45. The number of likely N-dealkylation sites (tertiary alicyclic amines) is 1. The second kappa shape index (κ2) is 8.63. The Kier molecular flexibility index (Phi) is 6.26. The molecular formula is C19H31N5O. The van der Waals surface area contributed by atoms with Crippen molar-refractivity contribution < 1.29 is 4.79 Å². The maximum Gasteiger partial charge on any atom is 0.269 e. The topological polar surface area (TPSA) is 51.7 Å². The SMILES string of the molecule is CCCN1CCC(N2CCN(c3cccc(C(=O)NC)n3)CC2)CC1. The molecule has 6 nitrogen and oxygen atoms in total. The molecular weight excluding hydrogens is 314 g/mol. The number of piperazine rings is 1. The van der Waals surface area contributed by atoms with Gasteiger partial charge in [0.15, 0.2) is 0 Å². The van der Waals surface area contributed by atoms with Gasteiger partial charge in [0.05, 0.1) is 0 Å². The van der Waals surface area contributed by atoms with Crippen LogP contribution in [0.2, 0.25) is 0 Å². The summed E-state index contributed by atoms with van der Waals surface area (Å²) in [6.45, 7) is 10.1. The number of hydrogen-bond donors (Lipinski definition) is 1. The summed E-state index contributed by atoms with van der Waals surface area (Å²) in [5.41, 5.74) is 0.491. The fourth-order valence-electron chi connectivity index (χ4n) is 3.99. The molecule has 0 radical (unpaired) electrons. The van der Waals surface area contributed by atoms with E-state index >= 15 is 0 Å². The number of nitrogens with one attached hydrogen (secondary N) is 1. The van der Waals surface area contributed by atoms with E-state index in [4.69, 9.17) is 0 Å². The first-order valence-corrected chi connectivity index (χ1v) is 9.61. The van der Waals surface area contributed by atoms with Gasteiger partial charge in [-0.2, -0.15) is 0 Å². The smallest absolute Gasteiger partial charge is 0.269 e. The molecule has 138 valence electrons. The second-order valence-electron chi connectivity index (χ2n) is 7.06. The van der Waals surface area contributed by atoms with Crippen LogP contribution in [-0.2, 0) is 0 Å². The molecule has 0 aliphatic carbocycles. The molecule has 1 amide bonds. The fourth-order valence-corrected chi connectivity index (χ4v) is 3.99. The quantitative estimate of drug-likeness (QED) is 0.875. The Morgan fingerprint density at radius 3 is 2.52 bits per heavy atom. The van der Waals surface area contributed by atoms with Gasteiger partial charge < -0.3 is 15.1 Å². The van der Waals surface area contributed by atoms with E-state index in [1.807, 2.05) is 12.1 Å². The number of aromatic nitrogens is 1. The minimum absolute atomic E-state index is 0.126. The predicted octanol–water partition coefficient (Wildman–Crippen LogP) is 1.44. The average Bonchev–Trinajstić information content (AvgIpc) is 2.68. The number of carbonyl (C=O) groups is 1. The molecule has 2 saturated heterocycles. The van der Waals surface area contributed by atoms with Gasteiger partial charge in [-0.1, -0.05) is 13.0 Å². The van der Waals surface area contributed by atoms with Crippen LogP contribution in [0.4, 0.5) is 5.82 Å². The number of nitrogens with zero attached hydrogens (tertiary/aromatic N) is 4. The van der Waals surface area contributed by atoms with E-state index in [-0.39, 0.29) is 5.91 Å². The number of rotatable bonds is 5. The minimum Gasteiger partial charge on any atom is -0.354 e. The van der Waals surface area contributed by atoms with Crippen LogP contribution in [0.25, 0.3) is 0 Å². The summed E-state index contributed by atoms with van der Waals surface area (Å²) in [4.78, 5) is 23.9. The molecule has 0 atom stereocenters. The molecule has 0 unspecified atom stereocenters. The zero-order chi connectivity index (χ0) is 17.6. The summed E-state index contributed by atoms with van der Waals surface area (Å²) in [7, 11) is 1.64. The zero-order valence-electron chi connectivity index (χ0n) is 15.6. The van der Waals surface area contributed by atoms with Gasteiger partial charge in [-0.25, -0.2) is 4.98 Å². The molecule has 3 heterocycles. The van der Waals surface area contributed by atoms with E-state index in [0.29, 0.717) is 5.69 Å². The lowest BCUT2D eigenvalue weighted by Gasteiger charge is -2.43. The standard InChI is InChI=1S/C19H31N5O/c1-3-9-22-10-7-16(8-11-22)23-12-14-24(15-13-23)18-6-4-5-17(21-18)19(25)20-2/h4-6,16H,3,7-15H2,1-2H3,(H,20,25). The van der Waals surface area contributed by atoms with Crippen LogP contribution in [0.1, 0.15) is 36.7 Å². The Hall–Kier alpha value is -1.66. The summed E-state index contributed by atoms with van der Waals surface area (Å²) in [6, 6.07) is 6.43. The first kappa shape index (κ1) is 18.1. The van der Waals surface area contributed by atoms with Crippen molar-refractivity contribution in [1.29, 1.82) is 0 Å². The summed E-state index contributed by atoms with van der Waals surface area (Å²) < 4.78 is 0. The van der Waals surface area contributed by atoms with E-state index in [0.717, 1.165) is 38.0 Å². The number of carbonyl (C=O) groups excluding carboxylic acids is 1. The molecule has 0 saturated carbocycles. The molecule has 3 rings (SSSR count). The van der Waals surface area contributed by atoms with Gasteiger partial charge in [0.25, 0.3) is 5.91 Å².